The molecule has 0 aliphatic rings. The van der Waals surface area contributed by atoms with Gasteiger partial charge in [0.15, 0.2) is 0 Å². The van der Waals surface area contributed by atoms with Crippen molar-refractivity contribution in [3.63, 3.8) is 0 Å². The molecule has 154 valence electrons. The maximum absolute atomic E-state index is 12.8. The fourth-order valence-corrected chi connectivity index (χ4v) is 3.63. The largest absolute Gasteiger partial charge is 0.339 e. The number of aromatic nitrogens is 1. The van der Waals surface area contributed by atoms with E-state index >= 15 is 0 Å². The Hall–Kier alpha value is -2.99. The number of anilines is 1. The molecule has 0 aliphatic carbocycles. The van der Waals surface area contributed by atoms with Crippen LogP contribution >= 0.6 is 15.9 Å². The summed E-state index contributed by atoms with van der Waals surface area (Å²) in [6.45, 7) is 6.99. The van der Waals surface area contributed by atoms with Gasteiger partial charge in [0, 0.05) is 34.4 Å². The average Bonchev–Trinajstić information content (AvgIpc) is 2.74. The van der Waals surface area contributed by atoms with Crippen LogP contribution in [0.5, 0.6) is 0 Å². The van der Waals surface area contributed by atoms with Crippen LogP contribution in [0.3, 0.4) is 0 Å². The van der Waals surface area contributed by atoms with Crippen LogP contribution in [0.2, 0.25) is 0 Å². The van der Waals surface area contributed by atoms with Crippen LogP contribution in [0, 0.1) is 6.92 Å². The first-order valence-corrected chi connectivity index (χ1v) is 10.7. The first kappa shape index (κ1) is 21.7. The van der Waals surface area contributed by atoms with E-state index in [1.165, 1.54) is 0 Å². The number of carbonyl (C=O) groups is 2. The molecule has 0 saturated heterocycles. The lowest BCUT2D eigenvalue weighted by molar-refractivity contribution is 0.0772. The number of carbonyl (C=O) groups excluding carboxylic acids is 2. The van der Waals surface area contributed by atoms with Crippen molar-refractivity contribution in [1.82, 2.24) is 9.88 Å². The van der Waals surface area contributed by atoms with Crippen LogP contribution in [-0.4, -0.2) is 34.8 Å². The first-order valence-electron chi connectivity index (χ1n) is 9.87. The molecule has 5 nitrogen and oxygen atoms in total. The summed E-state index contributed by atoms with van der Waals surface area (Å²) < 4.78 is 0.973. The van der Waals surface area contributed by atoms with Gasteiger partial charge in [-0.3, -0.25) is 14.6 Å². The van der Waals surface area contributed by atoms with Crippen molar-refractivity contribution in [2.45, 2.75) is 20.8 Å². The number of pyridine rings is 1. The topological polar surface area (TPSA) is 62.3 Å². The third kappa shape index (κ3) is 4.94. The Morgan fingerprint density at radius 3 is 2.40 bits per heavy atom. The highest BCUT2D eigenvalue weighted by molar-refractivity contribution is 9.10. The average molecular weight is 466 g/mol. The number of rotatable bonds is 6. The van der Waals surface area contributed by atoms with Gasteiger partial charge in [-0.05, 0) is 63.2 Å². The lowest BCUT2D eigenvalue weighted by Gasteiger charge is -2.19. The van der Waals surface area contributed by atoms with Crippen LogP contribution in [0.1, 0.15) is 40.3 Å². The van der Waals surface area contributed by atoms with E-state index in [-0.39, 0.29) is 11.8 Å². The fourth-order valence-electron chi connectivity index (χ4n) is 3.23. The van der Waals surface area contributed by atoms with E-state index in [4.69, 9.17) is 0 Å². The molecule has 0 fully saturated rings. The Labute approximate surface area is 185 Å². The molecular weight excluding hydrogens is 442 g/mol. The van der Waals surface area contributed by atoms with Crippen LogP contribution in [0.25, 0.3) is 11.3 Å². The number of nitrogens with zero attached hydrogens (tertiary/aromatic N) is 2. The van der Waals surface area contributed by atoms with Crippen LogP contribution < -0.4 is 5.32 Å². The van der Waals surface area contributed by atoms with Crippen molar-refractivity contribution >= 4 is 33.4 Å². The summed E-state index contributed by atoms with van der Waals surface area (Å²) in [5, 5.41) is 2.88. The predicted molar refractivity (Wildman–Crippen MR) is 124 cm³/mol. The zero-order valence-corrected chi connectivity index (χ0v) is 18.9. The highest BCUT2D eigenvalue weighted by Crippen LogP contribution is 2.23. The molecule has 0 bridgehead atoms. The molecule has 0 radical (unpaired) electrons. The molecule has 3 rings (SSSR count). The standard InChI is InChI=1S/C24H24BrN3O2/c1-4-28(5-2)24(30)18-9-7-11-20(15-18)27-23(29)21-12-13-22(26-16(21)3)17-8-6-10-19(25)14-17/h6-15H,4-5H2,1-3H3,(H,27,29). The van der Waals surface area contributed by atoms with E-state index in [1.54, 1.807) is 35.2 Å². The van der Waals surface area contributed by atoms with Crippen molar-refractivity contribution in [3.8, 4) is 11.3 Å². The van der Waals surface area contributed by atoms with Crippen molar-refractivity contribution in [1.29, 1.82) is 0 Å². The summed E-state index contributed by atoms with van der Waals surface area (Å²) in [7, 11) is 0. The molecule has 2 aromatic carbocycles. The molecule has 0 unspecified atom stereocenters. The number of nitrogens with one attached hydrogen (secondary N) is 1. The molecule has 6 heteroatoms. The summed E-state index contributed by atoms with van der Waals surface area (Å²) >= 11 is 3.47. The summed E-state index contributed by atoms with van der Waals surface area (Å²) in [5.41, 5.74) is 4.04. The highest BCUT2D eigenvalue weighted by atomic mass is 79.9. The summed E-state index contributed by atoms with van der Waals surface area (Å²) in [6, 6.07) is 18.5. The molecule has 0 spiro atoms. The Balaban J connectivity index is 1.79. The SMILES string of the molecule is CCN(CC)C(=O)c1cccc(NC(=O)c2ccc(-c3cccc(Br)c3)nc2C)c1. The number of amides is 2. The quantitative estimate of drug-likeness (QED) is 0.518. The smallest absolute Gasteiger partial charge is 0.257 e. The summed E-state index contributed by atoms with van der Waals surface area (Å²) in [6.07, 6.45) is 0. The van der Waals surface area contributed by atoms with Crippen molar-refractivity contribution in [2.24, 2.45) is 0 Å². The zero-order valence-electron chi connectivity index (χ0n) is 17.3. The van der Waals surface area contributed by atoms with Gasteiger partial charge in [0.25, 0.3) is 11.8 Å². The molecule has 2 amide bonds. The second-order valence-corrected chi connectivity index (χ2v) is 7.77. The van der Waals surface area contributed by atoms with E-state index in [2.05, 4.69) is 26.2 Å². The van der Waals surface area contributed by atoms with E-state index < -0.39 is 0 Å². The number of aryl methyl sites for hydroxylation is 1. The van der Waals surface area contributed by atoms with Gasteiger partial charge < -0.3 is 10.2 Å². The summed E-state index contributed by atoms with van der Waals surface area (Å²) in [4.78, 5) is 31.7. The Bertz CT molecular complexity index is 1080. The molecule has 30 heavy (non-hydrogen) atoms. The maximum Gasteiger partial charge on any atom is 0.257 e. The Morgan fingerprint density at radius 1 is 1.00 bits per heavy atom. The number of hydrogen-bond donors (Lipinski definition) is 1. The summed E-state index contributed by atoms with van der Waals surface area (Å²) in [5.74, 6) is -0.305. The molecular formula is C24H24BrN3O2. The van der Waals surface area contributed by atoms with Crippen LogP contribution in [0.15, 0.2) is 65.1 Å². The van der Waals surface area contributed by atoms with Crippen molar-refractivity contribution in [2.75, 3.05) is 18.4 Å². The second kappa shape index (κ2) is 9.67. The van der Waals surface area contributed by atoms with Gasteiger partial charge in [0.05, 0.1) is 17.0 Å². The van der Waals surface area contributed by atoms with Crippen LogP contribution in [0.4, 0.5) is 5.69 Å². The Kier molecular flexibility index (Phi) is 7.00. The van der Waals surface area contributed by atoms with E-state index in [9.17, 15) is 9.59 Å². The number of halogens is 1. The lowest BCUT2D eigenvalue weighted by Crippen LogP contribution is -2.30. The van der Waals surface area contributed by atoms with Gasteiger partial charge in [-0.25, -0.2) is 0 Å². The van der Waals surface area contributed by atoms with Crippen molar-refractivity contribution < 1.29 is 9.59 Å². The minimum Gasteiger partial charge on any atom is -0.339 e. The van der Waals surface area contributed by atoms with E-state index in [0.29, 0.717) is 35.6 Å². The third-order valence-electron chi connectivity index (χ3n) is 4.87. The van der Waals surface area contributed by atoms with Gasteiger partial charge in [-0.15, -0.1) is 0 Å². The maximum atomic E-state index is 12.8. The molecule has 0 saturated carbocycles. The molecule has 0 atom stereocenters. The lowest BCUT2D eigenvalue weighted by atomic mass is 10.1. The first-order chi connectivity index (χ1) is 14.4. The minimum absolute atomic E-state index is 0.0488. The molecule has 1 aromatic heterocycles. The van der Waals surface area contributed by atoms with Gasteiger partial charge in [-0.2, -0.15) is 0 Å². The van der Waals surface area contributed by atoms with Gasteiger partial charge in [0.1, 0.15) is 0 Å². The fraction of sp³-hybridized carbons (Fsp3) is 0.208. The minimum atomic E-state index is -0.256. The predicted octanol–water partition coefficient (Wildman–Crippen LogP) is 5.55. The van der Waals surface area contributed by atoms with Crippen molar-refractivity contribution in [3.05, 3.63) is 82.0 Å². The number of benzene rings is 2. The Morgan fingerprint density at radius 2 is 1.73 bits per heavy atom. The van der Waals surface area contributed by atoms with Crippen LogP contribution in [-0.2, 0) is 0 Å². The molecule has 0 aliphatic heterocycles. The second-order valence-electron chi connectivity index (χ2n) is 6.85. The van der Waals surface area contributed by atoms with E-state index in [0.717, 1.165) is 15.7 Å². The molecule has 1 N–H and O–H groups in total. The van der Waals surface area contributed by atoms with E-state index in [1.807, 2.05) is 51.1 Å². The van der Waals surface area contributed by atoms with Gasteiger partial charge in [-0.1, -0.05) is 34.1 Å². The zero-order chi connectivity index (χ0) is 21.7. The monoisotopic (exact) mass is 465 g/mol. The molecule has 3 aromatic rings. The highest BCUT2D eigenvalue weighted by Gasteiger charge is 2.15. The van der Waals surface area contributed by atoms with Gasteiger partial charge in [0.2, 0.25) is 0 Å². The van der Waals surface area contributed by atoms with Gasteiger partial charge >= 0.3 is 0 Å². The number of hydrogen-bond acceptors (Lipinski definition) is 3. The normalized spacial score (nSPS) is 10.5. The molecule has 1 heterocycles. The third-order valence-corrected chi connectivity index (χ3v) is 5.36.